The van der Waals surface area contributed by atoms with Gasteiger partial charge in [-0.2, -0.15) is 0 Å². The molecule has 0 atom stereocenters. The molecule has 0 radical (unpaired) electrons. The zero-order valence-electron chi connectivity index (χ0n) is 9.08. The Bertz CT molecular complexity index is 628. The lowest BCUT2D eigenvalue weighted by Crippen LogP contribution is -2.02. The second-order valence-electron chi connectivity index (χ2n) is 3.69. The molecular formula is C13H8Br2ClNO. The van der Waals surface area contributed by atoms with Crippen molar-refractivity contribution in [3.63, 3.8) is 0 Å². The maximum Gasteiger partial charge on any atom is 0.194 e. The average Bonchev–Trinajstić information content (AvgIpc) is 2.32. The van der Waals surface area contributed by atoms with E-state index in [0.717, 1.165) is 4.47 Å². The predicted molar refractivity (Wildman–Crippen MR) is 81.1 cm³/mol. The van der Waals surface area contributed by atoms with Gasteiger partial charge in [0.1, 0.15) is 0 Å². The van der Waals surface area contributed by atoms with Gasteiger partial charge in [0.25, 0.3) is 0 Å². The number of benzene rings is 2. The van der Waals surface area contributed by atoms with Crippen molar-refractivity contribution in [1.82, 2.24) is 0 Å². The SMILES string of the molecule is Nc1ccc(C(=O)c2ccc(Br)cc2Cl)cc1Br. The molecule has 0 bridgehead atoms. The summed E-state index contributed by atoms with van der Waals surface area (Å²) in [4.78, 5) is 12.3. The van der Waals surface area contributed by atoms with Crippen molar-refractivity contribution in [2.75, 3.05) is 5.73 Å². The first-order valence-corrected chi connectivity index (χ1v) is 7.00. The number of carbonyl (C=O) groups excluding carboxylic acids is 1. The lowest BCUT2D eigenvalue weighted by atomic mass is 10.0. The van der Waals surface area contributed by atoms with Crippen LogP contribution in [-0.2, 0) is 0 Å². The molecule has 18 heavy (non-hydrogen) atoms. The number of hydrogen-bond acceptors (Lipinski definition) is 2. The molecule has 92 valence electrons. The molecule has 0 fully saturated rings. The minimum Gasteiger partial charge on any atom is -0.398 e. The molecule has 2 rings (SSSR count). The predicted octanol–water partition coefficient (Wildman–Crippen LogP) is 4.68. The summed E-state index contributed by atoms with van der Waals surface area (Å²) in [6.07, 6.45) is 0. The zero-order valence-corrected chi connectivity index (χ0v) is 13.0. The highest BCUT2D eigenvalue weighted by atomic mass is 79.9. The zero-order chi connectivity index (χ0) is 13.3. The van der Waals surface area contributed by atoms with Crippen LogP contribution in [0.1, 0.15) is 15.9 Å². The van der Waals surface area contributed by atoms with Crippen LogP contribution >= 0.6 is 43.5 Å². The van der Waals surface area contributed by atoms with Gasteiger partial charge in [-0.05, 0) is 52.3 Å². The van der Waals surface area contributed by atoms with E-state index in [2.05, 4.69) is 31.9 Å². The Kier molecular flexibility index (Phi) is 4.10. The second kappa shape index (κ2) is 5.43. The smallest absolute Gasteiger partial charge is 0.194 e. The summed E-state index contributed by atoms with van der Waals surface area (Å²) in [5.74, 6) is -0.131. The first-order chi connectivity index (χ1) is 8.49. The number of nitrogens with two attached hydrogens (primary N) is 1. The fourth-order valence-electron chi connectivity index (χ4n) is 1.50. The van der Waals surface area contributed by atoms with Gasteiger partial charge in [-0.25, -0.2) is 0 Å². The number of nitrogen functional groups attached to an aromatic ring is 1. The maximum absolute atomic E-state index is 12.3. The van der Waals surface area contributed by atoms with Crippen molar-refractivity contribution in [2.45, 2.75) is 0 Å². The highest BCUT2D eigenvalue weighted by molar-refractivity contribution is 9.10. The van der Waals surface area contributed by atoms with Crippen LogP contribution in [0, 0.1) is 0 Å². The van der Waals surface area contributed by atoms with Crippen molar-refractivity contribution in [3.8, 4) is 0 Å². The summed E-state index contributed by atoms with van der Waals surface area (Å²) in [6, 6.07) is 10.2. The Morgan fingerprint density at radius 1 is 1.11 bits per heavy atom. The highest BCUT2D eigenvalue weighted by Gasteiger charge is 2.13. The Labute approximate surface area is 126 Å². The summed E-state index contributed by atoms with van der Waals surface area (Å²) in [5.41, 5.74) is 7.29. The van der Waals surface area contributed by atoms with Gasteiger partial charge in [-0.1, -0.05) is 27.5 Å². The van der Waals surface area contributed by atoms with Crippen LogP contribution in [0.4, 0.5) is 5.69 Å². The lowest BCUT2D eigenvalue weighted by Gasteiger charge is -2.06. The molecule has 0 saturated heterocycles. The van der Waals surface area contributed by atoms with Gasteiger partial charge >= 0.3 is 0 Å². The first kappa shape index (κ1) is 13.6. The largest absolute Gasteiger partial charge is 0.398 e. The number of ketones is 1. The van der Waals surface area contributed by atoms with Gasteiger partial charge in [0, 0.05) is 25.8 Å². The fourth-order valence-corrected chi connectivity index (χ4v) is 2.64. The van der Waals surface area contributed by atoms with Crippen molar-refractivity contribution >= 4 is 54.9 Å². The third kappa shape index (κ3) is 2.76. The van der Waals surface area contributed by atoms with Crippen LogP contribution in [0.25, 0.3) is 0 Å². The van der Waals surface area contributed by atoms with Crippen LogP contribution in [0.15, 0.2) is 45.3 Å². The van der Waals surface area contributed by atoms with Crippen LogP contribution in [0.2, 0.25) is 5.02 Å². The molecule has 0 spiro atoms. The molecule has 0 amide bonds. The monoisotopic (exact) mass is 387 g/mol. The van der Waals surface area contributed by atoms with Gasteiger partial charge in [-0.3, -0.25) is 4.79 Å². The molecule has 2 nitrogen and oxygen atoms in total. The van der Waals surface area contributed by atoms with Crippen LogP contribution in [-0.4, -0.2) is 5.78 Å². The molecule has 0 aliphatic heterocycles. The van der Waals surface area contributed by atoms with E-state index in [1.165, 1.54) is 0 Å². The molecule has 5 heteroatoms. The van der Waals surface area contributed by atoms with Gasteiger partial charge in [0.05, 0.1) is 5.02 Å². The first-order valence-electron chi connectivity index (χ1n) is 5.04. The fraction of sp³-hybridized carbons (Fsp3) is 0. The Morgan fingerprint density at radius 3 is 2.44 bits per heavy atom. The molecule has 0 unspecified atom stereocenters. The van der Waals surface area contributed by atoms with E-state index in [0.29, 0.717) is 26.3 Å². The Hall–Kier alpha value is -0.840. The van der Waals surface area contributed by atoms with E-state index in [1.807, 2.05) is 0 Å². The molecule has 2 aromatic rings. The minimum absolute atomic E-state index is 0.131. The molecule has 0 aliphatic carbocycles. The third-order valence-electron chi connectivity index (χ3n) is 2.44. The van der Waals surface area contributed by atoms with Crippen LogP contribution in [0.5, 0.6) is 0 Å². The number of carbonyl (C=O) groups is 1. The topological polar surface area (TPSA) is 43.1 Å². The number of anilines is 1. The molecule has 2 aromatic carbocycles. The molecule has 2 N–H and O–H groups in total. The molecule has 0 aliphatic rings. The average molecular weight is 389 g/mol. The van der Waals surface area contributed by atoms with Gasteiger partial charge in [-0.15, -0.1) is 0 Å². The third-order valence-corrected chi connectivity index (χ3v) is 3.93. The van der Waals surface area contributed by atoms with Gasteiger partial charge in [0.15, 0.2) is 5.78 Å². The number of halogens is 3. The summed E-state index contributed by atoms with van der Waals surface area (Å²) in [5, 5.41) is 0.419. The normalized spacial score (nSPS) is 10.4. The van der Waals surface area contributed by atoms with Crippen molar-refractivity contribution < 1.29 is 4.79 Å². The number of rotatable bonds is 2. The Morgan fingerprint density at radius 2 is 1.83 bits per heavy atom. The Balaban J connectivity index is 2.44. The van der Waals surface area contributed by atoms with E-state index in [4.69, 9.17) is 17.3 Å². The second-order valence-corrected chi connectivity index (χ2v) is 5.87. The van der Waals surface area contributed by atoms with Crippen molar-refractivity contribution in [3.05, 3.63) is 61.5 Å². The van der Waals surface area contributed by atoms with Gasteiger partial charge < -0.3 is 5.73 Å². The van der Waals surface area contributed by atoms with E-state index in [-0.39, 0.29) is 5.78 Å². The summed E-state index contributed by atoms with van der Waals surface area (Å²) < 4.78 is 1.53. The maximum atomic E-state index is 12.3. The minimum atomic E-state index is -0.131. The molecule has 0 saturated carbocycles. The summed E-state index contributed by atoms with van der Waals surface area (Å²) in [6.45, 7) is 0. The van der Waals surface area contributed by atoms with Crippen LogP contribution < -0.4 is 5.73 Å². The standard InChI is InChI=1S/C13H8Br2ClNO/c14-8-2-3-9(11(16)6-8)13(18)7-1-4-12(17)10(15)5-7/h1-6H,17H2. The van der Waals surface area contributed by atoms with Crippen LogP contribution in [0.3, 0.4) is 0 Å². The van der Waals surface area contributed by atoms with Crippen molar-refractivity contribution in [2.24, 2.45) is 0 Å². The molecule has 0 heterocycles. The van der Waals surface area contributed by atoms with E-state index < -0.39 is 0 Å². The lowest BCUT2D eigenvalue weighted by molar-refractivity contribution is 0.103. The van der Waals surface area contributed by atoms with E-state index in [1.54, 1.807) is 36.4 Å². The molecular weight excluding hydrogens is 381 g/mol. The van der Waals surface area contributed by atoms with E-state index >= 15 is 0 Å². The summed E-state index contributed by atoms with van der Waals surface area (Å²) in [7, 11) is 0. The van der Waals surface area contributed by atoms with Crippen molar-refractivity contribution in [1.29, 1.82) is 0 Å². The summed E-state index contributed by atoms with van der Waals surface area (Å²) >= 11 is 12.7. The van der Waals surface area contributed by atoms with E-state index in [9.17, 15) is 4.79 Å². The quantitative estimate of drug-likeness (QED) is 0.599. The molecule has 0 aromatic heterocycles. The van der Waals surface area contributed by atoms with Gasteiger partial charge in [0.2, 0.25) is 0 Å². The highest BCUT2D eigenvalue weighted by Crippen LogP contribution is 2.26. The number of hydrogen-bond donors (Lipinski definition) is 1.